The average molecular weight is 286 g/mol. The van der Waals surface area contributed by atoms with Gasteiger partial charge in [-0.1, -0.05) is 12.8 Å². The lowest BCUT2D eigenvalue weighted by Crippen LogP contribution is -2.44. The number of amides is 1. The Morgan fingerprint density at radius 2 is 2.26 bits per heavy atom. The second-order valence-electron chi connectivity index (χ2n) is 4.95. The van der Waals surface area contributed by atoms with Gasteiger partial charge in [0.2, 0.25) is 5.91 Å². The SMILES string of the molecule is C#CCN(C(=O)CC(C)NCC)C1CCS(=O)(=O)C1. The van der Waals surface area contributed by atoms with Crippen LogP contribution in [-0.2, 0) is 14.6 Å². The van der Waals surface area contributed by atoms with Crippen LogP contribution in [-0.4, -0.2) is 55.9 Å². The van der Waals surface area contributed by atoms with Crippen molar-refractivity contribution >= 4 is 15.7 Å². The van der Waals surface area contributed by atoms with Gasteiger partial charge in [-0.05, 0) is 19.9 Å². The highest BCUT2D eigenvalue weighted by Gasteiger charge is 2.34. The molecule has 1 fully saturated rings. The largest absolute Gasteiger partial charge is 0.327 e. The number of terminal acetylenes is 1. The standard InChI is InChI=1S/C13H22N2O3S/c1-4-7-15(12-6-8-19(17,18)10-12)13(16)9-11(3)14-5-2/h1,11-12,14H,5-10H2,2-3H3. The first-order valence-corrected chi connectivity index (χ1v) is 8.38. The van der Waals surface area contributed by atoms with Crippen LogP contribution in [0.4, 0.5) is 0 Å². The van der Waals surface area contributed by atoms with Gasteiger partial charge < -0.3 is 10.2 Å². The molecule has 0 saturated carbocycles. The monoisotopic (exact) mass is 286 g/mol. The van der Waals surface area contributed by atoms with Gasteiger partial charge in [0.1, 0.15) is 0 Å². The highest BCUT2D eigenvalue weighted by Crippen LogP contribution is 2.18. The molecule has 0 aromatic rings. The molecule has 1 heterocycles. The zero-order valence-corrected chi connectivity index (χ0v) is 12.4. The fourth-order valence-corrected chi connectivity index (χ4v) is 4.07. The maximum atomic E-state index is 12.2. The fourth-order valence-electron chi connectivity index (χ4n) is 2.34. The third kappa shape index (κ3) is 4.84. The number of carbonyl (C=O) groups is 1. The van der Waals surface area contributed by atoms with Crippen LogP contribution in [0.2, 0.25) is 0 Å². The van der Waals surface area contributed by atoms with Crippen LogP contribution in [0, 0.1) is 12.3 Å². The second kappa shape index (κ2) is 6.92. The molecule has 0 aromatic carbocycles. The topological polar surface area (TPSA) is 66.5 Å². The molecule has 0 radical (unpaired) electrons. The van der Waals surface area contributed by atoms with E-state index in [0.29, 0.717) is 12.8 Å². The first kappa shape index (κ1) is 16.0. The molecule has 5 nitrogen and oxygen atoms in total. The van der Waals surface area contributed by atoms with Crippen LogP contribution in [0.25, 0.3) is 0 Å². The van der Waals surface area contributed by atoms with Crippen LogP contribution in [0.3, 0.4) is 0 Å². The predicted octanol–water partition coefficient (Wildman–Crippen LogP) is 0.0234. The Kier molecular flexibility index (Phi) is 5.83. The lowest BCUT2D eigenvalue weighted by Gasteiger charge is -2.27. The minimum atomic E-state index is -3.01. The molecule has 19 heavy (non-hydrogen) atoms. The minimum Gasteiger partial charge on any atom is -0.327 e. The number of hydrogen-bond acceptors (Lipinski definition) is 4. The molecule has 0 spiro atoms. The molecule has 0 bridgehead atoms. The lowest BCUT2D eigenvalue weighted by molar-refractivity contribution is -0.132. The molecule has 2 unspecified atom stereocenters. The molecule has 1 aliphatic heterocycles. The van der Waals surface area contributed by atoms with Gasteiger partial charge in [-0.3, -0.25) is 4.79 Å². The van der Waals surface area contributed by atoms with E-state index < -0.39 is 9.84 Å². The van der Waals surface area contributed by atoms with E-state index in [0.717, 1.165) is 6.54 Å². The highest BCUT2D eigenvalue weighted by molar-refractivity contribution is 7.91. The smallest absolute Gasteiger partial charge is 0.225 e. The Morgan fingerprint density at radius 3 is 2.74 bits per heavy atom. The quantitative estimate of drug-likeness (QED) is 0.699. The summed E-state index contributed by atoms with van der Waals surface area (Å²) in [5.41, 5.74) is 0. The molecule has 1 saturated heterocycles. The highest BCUT2D eigenvalue weighted by atomic mass is 32.2. The van der Waals surface area contributed by atoms with Gasteiger partial charge in [0, 0.05) is 18.5 Å². The van der Waals surface area contributed by atoms with Gasteiger partial charge in [-0.25, -0.2) is 8.42 Å². The zero-order valence-electron chi connectivity index (χ0n) is 11.6. The molecule has 0 aromatic heterocycles. The molecular formula is C13H22N2O3S. The van der Waals surface area contributed by atoms with Crippen molar-refractivity contribution in [3.63, 3.8) is 0 Å². The first-order valence-electron chi connectivity index (χ1n) is 6.56. The normalized spacial score (nSPS) is 22.7. The van der Waals surface area contributed by atoms with Gasteiger partial charge in [-0.15, -0.1) is 6.42 Å². The second-order valence-corrected chi connectivity index (χ2v) is 7.17. The van der Waals surface area contributed by atoms with E-state index in [1.807, 2.05) is 13.8 Å². The summed E-state index contributed by atoms with van der Waals surface area (Å²) >= 11 is 0. The van der Waals surface area contributed by atoms with E-state index in [4.69, 9.17) is 6.42 Å². The van der Waals surface area contributed by atoms with Crippen LogP contribution < -0.4 is 5.32 Å². The maximum absolute atomic E-state index is 12.2. The third-order valence-corrected chi connectivity index (χ3v) is 5.01. The van der Waals surface area contributed by atoms with E-state index in [9.17, 15) is 13.2 Å². The van der Waals surface area contributed by atoms with Crippen molar-refractivity contribution in [3.8, 4) is 12.3 Å². The molecule has 1 aliphatic rings. The summed E-state index contributed by atoms with van der Waals surface area (Å²) in [4.78, 5) is 13.8. The summed E-state index contributed by atoms with van der Waals surface area (Å²) in [6.45, 7) is 4.88. The molecule has 108 valence electrons. The number of nitrogens with one attached hydrogen (secondary N) is 1. The van der Waals surface area contributed by atoms with Gasteiger partial charge in [0.25, 0.3) is 0 Å². The number of nitrogens with zero attached hydrogens (tertiary/aromatic N) is 1. The summed E-state index contributed by atoms with van der Waals surface area (Å²) in [6, 6.07) is -0.196. The summed E-state index contributed by atoms with van der Waals surface area (Å²) in [7, 11) is -3.01. The summed E-state index contributed by atoms with van der Waals surface area (Å²) in [6.07, 6.45) is 6.11. The van der Waals surface area contributed by atoms with E-state index in [-0.39, 0.29) is 36.0 Å². The van der Waals surface area contributed by atoms with Crippen LogP contribution in [0.15, 0.2) is 0 Å². The van der Waals surface area contributed by atoms with Gasteiger partial charge in [-0.2, -0.15) is 0 Å². The fraction of sp³-hybridized carbons (Fsp3) is 0.769. The Hall–Kier alpha value is -1.06. The van der Waals surface area contributed by atoms with Crippen LogP contribution in [0.1, 0.15) is 26.7 Å². The van der Waals surface area contributed by atoms with Gasteiger partial charge in [0.15, 0.2) is 9.84 Å². The molecular weight excluding hydrogens is 264 g/mol. The maximum Gasteiger partial charge on any atom is 0.225 e. The van der Waals surface area contributed by atoms with Crippen molar-refractivity contribution in [2.24, 2.45) is 0 Å². The lowest BCUT2D eigenvalue weighted by atomic mass is 10.1. The number of carbonyl (C=O) groups excluding carboxylic acids is 1. The Labute approximate surface area is 115 Å². The van der Waals surface area contributed by atoms with Crippen molar-refractivity contribution in [2.75, 3.05) is 24.6 Å². The number of hydrogen-bond donors (Lipinski definition) is 1. The van der Waals surface area contributed by atoms with E-state index in [1.165, 1.54) is 0 Å². The molecule has 2 atom stereocenters. The number of rotatable bonds is 6. The molecule has 0 aliphatic carbocycles. The summed E-state index contributed by atoms with van der Waals surface area (Å²) in [5, 5.41) is 3.16. The Balaban J connectivity index is 2.67. The minimum absolute atomic E-state index is 0.0377. The van der Waals surface area contributed by atoms with E-state index in [2.05, 4.69) is 11.2 Å². The van der Waals surface area contributed by atoms with Gasteiger partial charge in [0.05, 0.1) is 18.1 Å². The Bertz CT molecular complexity index is 453. The van der Waals surface area contributed by atoms with Crippen LogP contribution in [0.5, 0.6) is 0 Å². The van der Waals surface area contributed by atoms with E-state index in [1.54, 1.807) is 4.90 Å². The van der Waals surface area contributed by atoms with Crippen molar-refractivity contribution < 1.29 is 13.2 Å². The molecule has 1 amide bonds. The number of sulfone groups is 1. The molecule has 6 heteroatoms. The molecule has 1 rings (SSSR count). The summed E-state index contributed by atoms with van der Waals surface area (Å²) < 4.78 is 23.0. The Morgan fingerprint density at radius 1 is 1.58 bits per heavy atom. The van der Waals surface area contributed by atoms with Crippen molar-refractivity contribution in [1.82, 2.24) is 10.2 Å². The van der Waals surface area contributed by atoms with Crippen molar-refractivity contribution in [2.45, 2.75) is 38.8 Å². The van der Waals surface area contributed by atoms with Crippen LogP contribution >= 0.6 is 0 Å². The zero-order chi connectivity index (χ0) is 14.5. The first-order chi connectivity index (χ1) is 8.89. The summed E-state index contributed by atoms with van der Waals surface area (Å²) in [5.74, 6) is 2.56. The predicted molar refractivity (Wildman–Crippen MR) is 75.4 cm³/mol. The van der Waals surface area contributed by atoms with E-state index >= 15 is 0 Å². The molecule has 1 N–H and O–H groups in total. The third-order valence-electron chi connectivity index (χ3n) is 3.26. The average Bonchev–Trinajstić information content (AvgIpc) is 2.66. The van der Waals surface area contributed by atoms with Crippen molar-refractivity contribution in [1.29, 1.82) is 0 Å². The van der Waals surface area contributed by atoms with Gasteiger partial charge >= 0.3 is 0 Å². The van der Waals surface area contributed by atoms with Crippen molar-refractivity contribution in [3.05, 3.63) is 0 Å².